The number of rotatable bonds is 6. The van der Waals surface area contributed by atoms with Gasteiger partial charge in [-0.05, 0) is 78.7 Å². The summed E-state index contributed by atoms with van der Waals surface area (Å²) in [6, 6.07) is 58.3. The second-order valence-electron chi connectivity index (χ2n) is 14.7. The molecule has 1 N–H and O–H groups in total. The van der Waals surface area contributed by atoms with Gasteiger partial charge in [0.25, 0.3) is 0 Å². The maximum Gasteiger partial charge on any atom is 0.0724 e. The van der Waals surface area contributed by atoms with E-state index in [-0.39, 0.29) is 5.41 Å². The molecule has 0 spiro atoms. The molecule has 256 valence electrons. The van der Waals surface area contributed by atoms with E-state index in [4.69, 9.17) is 10.4 Å². The van der Waals surface area contributed by atoms with Gasteiger partial charge in [-0.1, -0.05) is 166 Å². The normalized spacial score (nSPS) is 13.6. The van der Waals surface area contributed by atoms with Gasteiger partial charge in [0, 0.05) is 42.9 Å². The second-order valence-corrected chi connectivity index (χ2v) is 15.8. The number of nitrogens with zero attached hydrogens (tertiary/aromatic N) is 1. The highest BCUT2D eigenvalue weighted by molar-refractivity contribution is 7.25. The summed E-state index contributed by atoms with van der Waals surface area (Å²) < 4.78 is 2.48. The monoisotopic (exact) mass is 708 g/mol. The summed E-state index contributed by atoms with van der Waals surface area (Å²) in [6.07, 6.45) is 3.88. The fourth-order valence-electron chi connectivity index (χ4n) is 8.70. The van der Waals surface area contributed by atoms with Crippen molar-refractivity contribution in [2.75, 3.05) is 0 Å². The molecule has 2 nitrogen and oxygen atoms in total. The van der Waals surface area contributed by atoms with E-state index in [9.17, 15) is 0 Å². The lowest BCUT2D eigenvalue weighted by atomic mass is 9.77. The Bertz CT molecular complexity index is 3030. The predicted molar refractivity (Wildman–Crippen MR) is 233 cm³/mol. The van der Waals surface area contributed by atoms with Crippen molar-refractivity contribution < 1.29 is 0 Å². The fraction of sp³-hybridized carbons (Fsp3) is 0.0588. The van der Waals surface area contributed by atoms with Crippen LogP contribution in [0.5, 0.6) is 0 Å². The van der Waals surface area contributed by atoms with E-state index in [1.807, 2.05) is 42.6 Å². The molecule has 8 aromatic carbocycles. The van der Waals surface area contributed by atoms with Crippen molar-refractivity contribution in [3.63, 3.8) is 0 Å². The van der Waals surface area contributed by atoms with Crippen LogP contribution >= 0.6 is 11.3 Å². The SMILES string of the molecule is CC1(C)c2c(cccc2-c2ccc(C=N/C(=C\C(=N)c3ccccc3)c3ccc4c(c3)sc3ccccc34)c3ccccc23)-c2ccc3ccccc3c21. The first-order valence-corrected chi connectivity index (χ1v) is 19.3. The number of allylic oxidation sites excluding steroid dienone is 1. The molecule has 0 atom stereocenters. The van der Waals surface area contributed by atoms with E-state index in [1.165, 1.54) is 69.7 Å². The molecule has 0 amide bonds. The molecule has 0 radical (unpaired) electrons. The minimum absolute atomic E-state index is 0.179. The van der Waals surface area contributed by atoms with Crippen molar-refractivity contribution in [1.82, 2.24) is 0 Å². The van der Waals surface area contributed by atoms with Gasteiger partial charge in [0.1, 0.15) is 0 Å². The number of benzene rings is 8. The number of nitrogens with one attached hydrogen (secondary N) is 1. The molecule has 54 heavy (non-hydrogen) atoms. The Kier molecular flexibility index (Phi) is 7.53. The van der Waals surface area contributed by atoms with Gasteiger partial charge in [0.15, 0.2) is 0 Å². The third kappa shape index (κ3) is 5.15. The summed E-state index contributed by atoms with van der Waals surface area (Å²) in [7, 11) is 0. The van der Waals surface area contributed by atoms with Crippen molar-refractivity contribution >= 4 is 70.7 Å². The van der Waals surface area contributed by atoms with E-state index in [0.717, 1.165) is 27.8 Å². The summed E-state index contributed by atoms with van der Waals surface area (Å²) in [5.41, 5.74) is 11.8. The molecule has 0 saturated carbocycles. The molecular formula is C51H36N2S. The van der Waals surface area contributed by atoms with Crippen molar-refractivity contribution in [3.05, 3.63) is 198 Å². The molecule has 1 aliphatic rings. The van der Waals surface area contributed by atoms with Crippen LogP contribution in [0.15, 0.2) is 175 Å². The van der Waals surface area contributed by atoms with Crippen molar-refractivity contribution in [2.45, 2.75) is 19.3 Å². The maximum absolute atomic E-state index is 9.04. The average molecular weight is 709 g/mol. The molecule has 0 saturated heterocycles. The Hall–Kier alpha value is -6.42. The van der Waals surface area contributed by atoms with Gasteiger partial charge in [0.05, 0.1) is 11.4 Å². The minimum Gasteiger partial charge on any atom is -0.300 e. The van der Waals surface area contributed by atoms with Gasteiger partial charge in [-0.2, -0.15) is 0 Å². The van der Waals surface area contributed by atoms with Gasteiger partial charge in [-0.15, -0.1) is 11.3 Å². The van der Waals surface area contributed by atoms with E-state index in [0.29, 0.717) is 5.71 Å². The van der Waals surface area contributed by atoms with Crippen LogP contribution in [0.25, 0.3) is 69.7 Å². The molecule has 1 aromatic heterocycles. The third-order valence-electron chi connectivity index (χ3n) is 11.2. The number of fused-ring (bicyclic) bond motifs is 9. The minimum atomic E-state index is -0.179. The Morgan fingerprint density at radius 2 is 1.17 bits per heavy atom. The zero-order valence-electron chi connectivity index (χ0n) is 30.1. The van der Waals surface area contributed by atoms with Crippen molar-refractivity contribution in [2.24, 2.45) is 4.99 Å². The van der Waals surface area contributed by atoms with E-state index >= 15 is 0 Å². The molecule has 3 heteroatoms. The number of hydrogen-bond donors (Lipinski definition) is 1. The van der Waals surface area contributed by atoms with Crippen LogP contribution in [0.3, 0.4) is 0 Å². The molecule has 10 rings (SSSR count). The predicted octanol–water partition coefficient (Wildman–Crippen LogP) is 13.9. The smallest absolute Gasteiger partial charge is 0.0724 e. The fourth-order valence-corrected chi connectivity index (χ4v) is 9.84. The molecule has 0 unspecified atom stereocenters. The molecular weight excluding hydrogens is 673 g/mol. The Morgan fingerprint density at radius 3 is 2.00 bits per heavy atom. The summed E-state index contributed by atoms with van der Waals surface area (Å²) >= 11 is 1.80. The molecule has 0 bridgehead atoms. The highest BCUT2D eigenvalue weighted by atomic mass is 32.1. The highest BCUT2D eigenvalue weighted by Gasteiger charge is 2.39. The van der Waals surface area contributed by atoms with Crippen LogP contribution in [0.1, 0.15) is 41.7 Å². The van der Waals surface area contributed by atoms with Crippen LogP contribution < -0.4 is 0 Å². The standard InChI is InChI=1S/C51H36N2S/c1-51(2)49-37-17-7-6-13-32(37)23-28-44(49)43-21-12-20-42(50(43)51)39-26-25-35(36-16-8-9-18-38(36)39)31-53-46(30-45(52)33-14-4-3-5-15-33)34-24-27-41-40-19-10-11-22-47(40)54-48(41)29-34/h3-31,52H,1-2H3/b46-30-,52-45?,53-31?. The maximum atomic E-state index is 9.04. The van der Waals surface area contributed by atoms with Crippen LogP contribution in [0, 0.1) is 5.41 Å². The van der Waals surface area contributed by atoms with E-state index in [1.54, 1.807) is 11.3 Å². The first kappa shape index (κ1) is 32.2. The van der Waals surface area contributed by atoms with Gasteiger partial charge in [-0.25, -0.2) is 0 Å². The van der Waals surface area contributed by atoms with Crippen LogP contribution in [0.4, 0.5) is 0 Å². The lowest BCUT2D eigenvalue weighted by Gasteiger charge is -2.26. The Balaban J connectivity index is 1.09. The van der Waals surface area contributed by atoms with Gasteiger partial charge >= 0.3 is 0 Å². The van der Waals surface area contributed by atoms with Crippen molar-refractivity contribution in [3.8, 4) is 22.3 Å². The lowest BCUT2D eigenvalue weighted by molar-refractivity contribution is 0.668. The van der Waals surface area contributed by atoms with Crippen LogP contribution in [-0.2, 0) is 5.41 Å². The first-order valence-electron chi connectivity index (χ1n) is 18.5. The van der Waals surface area contributed by atoms with Crippen molar-refractivity contribution in [1.29, 1.82) is 5.41 Å². The Morgan fingerprint density at radius 1 is 0.519 bits per heavy atom. The number of thiophene rings is 1. The molecule has 0 fully saturated rings. The van der Waals surface area contributed by atoms with Crippen LogP contribution in [-0.4, -0.2) is 11.9 Å². The molecule has 0 aliphatic heterocycles. The van der Waals surface area contributed by atoms with Gasteiger partial charge < -0.3 is 5.41 Å². The summed E-state index contributed by atoms with van der Waals surface area (Å²) in [4.78, 5) is 5.18. The molecule has 1 heterocycles. The average Bonchev–Trinajstić information content (AvgIpc) is 3.71. The largest absolute Gasteiger partial charge is 0.300 e. The zero-order chi connectivity index (χ0) is 36.4. The topological polar surface area (TPSA) is 36.2 Å². The third-order valence-corrected chi connectivity index (χ3v) is 12.3. The van der Waals surface area contributed by atoms with E-state index in [2.05, 4.69) is 147 Å². The summed E-state index contributed by atoms with van der Waals surface area (Å²) in [5.74, 6) is 0. The van der Waals surface area contributed by atoms with Crippen LogP contribution in [0.2, 0.25) is 0 Å². The van der Waals surface area contributed by atoms with Gasteiger partial charge in [0.2, 0.25) is 0 Å². The summed E-state index contributed by atoms with van der Waals surface area (Å²) in [6.45, 7) is 4.77. The highest BCUT2D eigenvalue weighted by Crippen LogP contribution is 2.54. The van der Waals surface area contributed by atoms with E-state index < -0.39 is 0 Å². The quantitative estimate of drug-likeness (QED) is 0.167. The summed E-state index contributed by atoms with van der Waals surface area (Å²) in [5, 5.41) is 16.5. The second kappa shape index (κ2) is 12.6. The zero-order valence-corrected chi connectivity index (χ0v) is 30.9. The van der Waals surface area contributed by atoms with Gasteiger partial charge in [-0.3, -0.25) is 4.99 Å². The number of hydrogen-bond acceptors (Lipinski definition) is 3. The lowest BCUT2D eigenvalue weighted by Crippen LogP contribution is -2.17. The first-order chi connectivity index (χ1) is 26.5. The Labute approximate surface area is 318 Å². The number of aliphatic imine (C=N–C) groups is 1. The molecule has 9 aromatic rings. The molecule has 1 aliphatic carbocycles.